The van der Waals surface area contributed by atoms with Gasteiger partial charge >= 0.3 is 0 Å². The molecule has 11 nitrogen and oxygen atoms in total. The number of hydrogen-bond donors (Lipinski definition) is 3. The van der Waals surface area contributed by atoms with Crippen LogP contribution in [-0.2, 0) is 21.4 Å². The van der Waals surface area contributed by atoms with E-state index in [1.165, 1.54) is 12.1 Å². The van der Waals surface area contributed by atoms with Gasteiger partial charge in [0.05, 0.1) is 15.5 Å². The van der Waals surface area contributed by atoms with Crippen molar-refractivity contribution in [2.24, 2.45) is 0 Å². The lowest BCUT2D eigenvalue weighted by Crippen LogP contribution is -2.29. The number of nitrogens with one attached hydrogen (secondary N) is 3. The van der Waals surface area contributed by atoms with Gasteiger partial charge in [-0.3, -0.25) is 19.9 Å². The molecule has 0 radical (unpaired) electrons. The number of pyridine rings is 1. The first-order chi connectivity index (χ1) is 18.9. The SMILES string of the molecule is O=C1NC(=O)C(=Cc2cc(OCc3ccccc3)nc(NCCNS(=O)(=O)c3cccc4cnccc34)n2)S1. The Kier molecular flexibility index (Phi) is 7.81. The largest absolute Gasteiger partial charge is 0.473 e. The van der Waals surface area contributed by atoms with E-state index in [4.69, 9.17) is 4.74 Å². The zero-order valence-corrected chi connectivity index (χ0v) is 22.0. The van der Waals surface area contributed by atoms with E-state index >= 15 is 0 Å². The summed E-state index contributed by atoms with van der Waals surface area (Å²) < 4.78 is 34.3. The molecule has 0 saturated carbocycles. The monoisotopic (exact) mass is 562 g/mol. The summed E-state index contributed by atoms with van der Waals surface area (Å²) >= 11 is 0.773. The lowest BCUT2D eigenvalue weighted by Gasteiger charge is -2.12. The van der Waals surface area contributed by atoms with Crippen LogP contribution < -0.4 is 20.1 Å². The molecule has 1 aliphatic rings. The van der Waals surface area contributed by atoms with Crippen molar-refractivity contribution in [1.29, 1.82) is 0 Å². The van der Waals surface area contributed by atoms with E-state index in [-0.39, 0.29) is 41.3 Å². The number of anilines is 1. The van der Waals surface area contributed by atoms with Crippen LogP contribution in [0.15, 0.2) is 82.9 Å². The molecule has 0 unspecified atom stereocenters. The highest BCUT2D eigenvalue weighted by Crippen LogP contribution is 2.26. The van der Waals surface area contributed by atoms with Gasteiger partial charge in [0.25, 0.3) is 11.1 Å². The molecule has 39 heavy (non-hydrogen) atoms. The molecule has 2 aromatic heterocycles. The van der Waals surface area contributed by atoms with E-state index < -0.39 is 21.2 Å². The number of carbonyl (C=O) groups is 2. The molecule has 13 heteroatoms. The summed E-state index contributed by atoms with van der Waals surface area (Å²) in [5, 5.41) is 6.02. The number of aromatic nitrogens is 3. The van der Waals surface area contributed by atoms with Crippen LogP contribution in [0.3, 0.4) is 0 Å². The molecule has 3 N–H and O–H groups in total. The number of fused-ring (bicyclic) bond motifs is 1. The van der Waals surface area contributed by atoms with Gasteiger partial charge < -0.3 is 10.1 Å². The molecule has 0 aliphatic carbocycles. The summed E-state index contributed by atoms with van der Waals surface area (Å²) in [5.41, 5.74) is 1.27. The van der Waals surface area contributed by atoms with Crippen LogP contribution in [0, 0.1) is 0 Å². The Morgan fingerprint density at radius 2 is 1.85 bits per heavy atom. The van der Waals surface area contributed by atoms with Crippen LogP contribution in [0.2, 0.25) is 0 Å². The summed E-state index contributed by atoms with van der Waals surface area (Å²) in [6.07, 6.45) is 4.62. The summed E-state index contributed by atoms with van der Waals surface area (Å²) in [5.74, 6) is -0.107. The molecule has 3 heterocycles. The van der Waals surface area contributed by atoms with Crippen molar-refractivity contribution < 1.29 is 22.7 Å². The molecule has 1 fully saturated rings. The van der Waals surface area contributed by atoms with Crippen molar-refractivity contribution in [1.82, 2.24) is 25.0 Å². The van der Waals surface area contributed by atoms with Crippen LogP contribution in [0.1, 0.15) is 11.3 Å². The molecule has 0 atom stereocenters. The average Bonchev–Trinajstić information content (AvgIpc) is 3.26. The number of ether oxygens (including phenoxy) is 1. The molecule has 5 rings (SSSR count). The Morgan fingerprint density at radius 3 is 2.64 bits per heavy atom. The number of benzene rings is 2. The van der Waals surface area contributed by atoms with E-state index in [1.807, 2.05) is 30.3 Å². The van der Waals surface area contributed by atoms with E-state index in [1.54, 1.807) is 36.7 Å². The maximum atomic E-state index is 13.0. The standard InChI is InChI=1S/C26H22N6O5S2/c33-24-21(38-26(34)32-24)13-19-14-23(37-16-17-5-2-1-3-6-17)31-25(30-19)28-11-12-29-39(35,36)22-8-4-7-18-15-27-10-9-20(18)22/h1-10,13-15,29H,11-12,16H2,(H,28,30,31)(H,32,33,34). The Labute approximate surface area is 228 Å². The Morgan fingerprint density at radius 1 is 1.00 bits per heavy atom. The van der Waals surface area contributed by atoms with Gasteiger partial charge in [-0.25, -0.2) is 18.1 Å². The quantitative estimate of drug-likeness (QED) is 0.194. The minimum absolute atomic E-state index is 0.0471. The minimum atomic E-state index is -3.80. The summed E-state index contributed by atoms with van der Waals surface area (Å²) in [4.78, 5) is 36.7. The maximum Gasteiger partial charge on any atom is 0.290 e. The fraction of sp³-hybridized carbons (Fsp3) is 0.115. The summed E-state index contributed by atoms with van der Waals surface area (Å²) in [7, 11) is -3.80. The average molecular weight is 563 g/mol. The number of imide groups is 1. The fourth-order valence-electron chi connectivity index (χ4n) is 3.72. The number of nitrogens with zero attached hydrogens (tertiary/aromatic N) is 3. The third-order valence-electron chi connectivity index (χ3n) is 5.50. The summed E-state index contributed by atoms with van der Waals surface area (Å²) in [6, 6.07) is 17.7. The topological polar surface area (TPSA) is 152 Å². The van der Waals surface area contributed by atoms with Crippen LogP contribution in [0.4, 0.5) is 10.7 Å². The minimum Gasteiger partial charge on any atom is -0.473 e. The molecule has 198 valence electrons. The van der Waals surface area contributed by atoms with Gasteiger partial charge in [0.2, 0.25) is 21.9 Å². The molecular weight excluding hydrogens is 540 g/mol. The number of amides is 2. The van der Waals surface area contributed by atoms with E-state index in [0.29, 0.717) is 11.1 Å². The second-order valence-electron chi connectivity index (χ2n) is 8.26. The molecule has 4 aromatic rings. The van der Waals surface area contributed by atoms with Gasteiger partial charge in [-0.05, 0) is 35.5 Å². The molecule has 1 aliphatic heterocycles. The zero-order chi connectivity index (χ0) is 27.2. The second kappa shape index (κ2) is 11.6. The molecule has 2 aromatic carbocycles. The van der Waals surface area contributed by atoms with Crippen LogP contribution in [0.5, 0.6) is 5.88 Å². The highest BCUT2D eigenvalue weighted by Gasteiger charge is 2.25. The molecule has 0 bridgehead atoms. The first-order valence-electron chi connectivity index (χ1n) is 11.7. The smallest absolute Gasteiger partial charge is 0.290 e. The Hall–Kier alpha value is -4.33. The van der Waals surface area contributed by atoms with Crippen molar-refractivity contribution in [2.45, 2.75) is 11.5 Å². The third kappa shape index (κ3) is 6.57. The third-order valence-corrected chi connectivity index (χ3v) is 7.83. The highest BCUT2D eigenvalue weighted by molar-refractivity contribution is 8.18. The Balaban J connectivity index is 1.29. The van der Waals surface area contributed by atoms with Gasteiger partial charge in [0.15, 0.2) is 0 Å². The predicted octanol–water partition coefficient (Wildman–Crippen LogP) is 3.32. The molecule has 0 spiro atoms. The van der Waals surface area contributed by atoms with Gasteiger partial charge in [-0.2, -0.15) is 4.98 Å². The van der Waals surface area contributed by atoms with Crippen molar-refractivity contribution in [3.05, 3.63) is 89.2 Å². The summed E-state index contributed by atoms with van der Waals surface area (Å²) in [6.45, 7) is 0.463. The number of carbonyl (C=O) groups excluding carboxylic acids is 2. The van der Waals surface area contributed by atoms with Crippen LogP contribution in [0.25, 0.3) is 16.8 Å². The lowest BCUT2D eigenvalue weighted by atomic mass is 10.2. The van der Waals surface area contributed by atoms with Gasteiger partial charge in [0, 0.05) is 42.3 Å². The van der Waals surface area contributed by atoms with E-state index in [9.17, 15) is 18.0 Å². The lowest BCUT2D eigenvalue weighted by molar-refractivity contribution is -0.115. The number of rotatable bonds is 10. The van der Waals surface area contributed by atoms with Crippen molar-refractivity contribution >= 4 is 55.7 Å². The molecular formula is C26H22N6O5S2. The number of hydrogen-bond acceptors (Lipinski definition) is 10. The van der Waals surface area contributed by atoms with Gasteiger partial charge in [0.1, 0.15) is 6.61 Å². The van der Waals surface area contributed by atoms with Crippen LogP contribution >= 0.6 is 11.8 Å². The normalized spacial score (nSPS) is 14.5. The number of sulfonamides is 1. The zero-order valence-electron chi connectivity index (χ0n) is 20.3. The van der Waals surface area contributed by atoms with Crippen molar-refractivity contribution in [2.75, 3.05) is 18.4 Å². The van der Waals surface area contributed by atoms with Crippen molar-refractivity contribution in [3.63, 3.8) is 0 Å². The van der Waals surface area contributed by atoms with Crippen LogP contribution in [-0.4, -0.2) is 47.6 Å². The first kappa shape index (κ1) is 26.3. The number of thioether (sulfide) groups is 1. The molecule has 1 saturated heterocycles. The second-order valence-corrected chi connectivity index (χ2v) is 11.0. The highest BCUT2D eigenvalue weighted by atomic mass is 32.2. The predicted molar refractivity (Wildman–Crippen MR) is 147 cm³/mol. The molecule has 2 amide bonds. The fourth-order valence-corrected chi connectivity index (χ4v) is 5.65. The van der Waals surface area contributed by atoms with E-state index in [2.05, 4.69) is 30.3 Å². The first-order valence-corrected chi connectivity index (χ1v) is 14.0. The van der Waals surface area contributed by atoms with E-state index in [0.717, 1.165) is 22.7 Å². The van der Waals surface area contributed by atoms with Gasteiger partial charge in [-0.15, -0.1) is 0 Å². The van der Waals surface area contributed by atoms with Gasteiger partial charge in [-0.1, -0.05) is 42.5 Å². The Bertz CT molecular complexity index is 1670. The van der Waals surface area contributed by atoms with Crippen molar-refractivity contribution in [3.8, 4) is 5.88 Å². The maximum absolute atomic E-state index is 13.0.